The molecule has 0 aromatic heterocycles. The Morgan fingerprint density at radius 3 is 2.57 bits per heavy atom. The molecule has 2 aromatic rings. The van der Waals surface area contributed by atoms with Crippen LogP contribution in [0.15, 0.2) is 42.5 Å². The van der Waals surface area contributed by atoms with Crippen molar-refractivity contribution in [2.45, 2.75) is 38.0 Å². The normalized spacial score (nSPS) is 20.3. The van der Waals surface area contributed by atoms with Crippen molar-refractivity contribution in [3.63, 3.8) is 0 Å². The van der Waals surface area contributed by atoms with Crippen LogP contribution >= 0.6 is 0 Å². The standard InChI is InChI=1S/C27H33N3O7/c1-34-12-11-27(33)30-15-21-24(16-30)37-20-7-3-19(4-8-20)14-28-26(32)17-36-23-13-18(5-9-22(23)35-2)6-10-25(31)29-21/h3-5,7-9,13,21,24H,6,10-12,14-17H2,1-2H3,(H,28,32)(H,29,31)/t21-,24-/m0/s1. The van der Waals surface area contributed by atoms with Gasteiger partial charge < -0.3 is 34.5 Å². The van der Waals surface area contributed by atoms with E-state index in [1.165, 1.54) is 7.11 Å². The first-order valence-corrected chi connectivity index (χ1v) is 12.3. The minimum atomic E-state index is -0.399. The number of rotatable bonds is 4. The van der Waals surface area contributed by atoms with Gasteiger partial charge in [0, 0.05) is 26.6 Å². The molecule has 4 bridgehead atoms. The highest BCUT2D eigenvalue weighted by Crippen LogP contribution is 2.29. The summed E-state index contributed by atoms with van der Waals surface area (Å²) >= 11 is 0. The van der Waals surface area contributed by atoms with Crippen LogP contribution in [0.1, 0.15) is 24.0 Å². The number of hydrogen-bond donors (Lipinski definition) is 2. The second-order valence-corrected chi connectivity index (χ2v) is 9.07. The number of hydrogen-bond acceptors (Lipinski definition) is 7. The van der Waals surface area contributed by atoms with Crippen molar-refractivity contribution < 1.29 is 33.3 Å². The van der Waals surface area contributed by atoms with Crippen molar-refractivity contribution in [3.05, 3.63) is 53.6 Å². The van der Waals surface area contributed by atoms with Gasteiger partial charge in [-0.2, -0.15) is 0 Å². The molecule has 3 aliphatic rings. The van der Waals surface area contributed by atoms with Crippen LogP contribution in [0.2, 0.25) is 0 Å². The summed E-state index contributed by atoms with van der Waals surface area (Å²) in [4.78, 5) is 39.6. The van der Waals surface area contributed by atoms with Crippen LogP contribution < -0.4 is 24.8 Å². The van der Waals surface area contributed by atoms with Crippen LogP contribution in [0, 0.1) is 0 Å². The maximum absolute atomic E-state index is 12.9. The Morgan fingerprint density at radius 2 is 1.81 bits per heavy atom. The van der Waals surface area contributed by atoms with Gasteiger partial charge in [0.2, 0.25) is 11.8 Å². The van der Waals surface area contributed by atoms with Gasteiger partial charge >= 0.3 is 0 Å². The molecule has 3 aliphatic heterocycles. The highest BCUT2D eigenvalue weighted by atomic mass is 16.5. The van der Waals surface area contributed by atoms with Crippen LogP contribution in [0.25, 0.3) is 0 Å². The van der Waals surface area contributed by atoms with Crippen LogP contribution in [-0.2, 0) is 32.1 Å². The van der Waals surface area contributed by atoms with E-state index in [0.717, 1.165) is 11.1 Å². The summed E-state index contributed by atoms with van der Waals surface area (Å²) in [6.45, 7) is 1.24. The summed E-state index contributed by atoms with van der Waals surface area (Å²) in [5, 5.41) is 5.90. The second kappa shape index (κ2) is 12.4. The number of nitrogens with one attached hydrogen (secondary N) is 2. The van der Waals surface area contributed by atoms with Crippen molar-refractivity contribution in [1.29, 1.82) is 0 Å². The zero-order valence-electron chi connectivity index (χ0n) is 21.2. The Bertz CT molecular complexity index is 1110. The lowest BCUT2D eigenvalue weighted by atomic mass is 10.1. The number of nitrogens with zero attached hydrogens (tertiary/aromatic N) is 1. The number of methoxy groups -OCH3 is 2. The second-order valence-electron chi connectivity index (χ2n) is 9.07. The quantitative estimate of drug-likeness (QED) is 0.638. The molecule has 5 rings (SSSR count). The number of fused-ring (bicyclic) bond motifs is 9. The molecule has 10 nitrogen and oxygen atoms in total. The lowest BCUT2D eigenvalue weighted by Gasteiger charge is -2.21. The van der Waals surface area contributed by atoms with E-state index in [4.69, 9.17) is 18.9 Å². The number of ether oxygens (including phenoxy) is 4. The Kier molecular flexibility index (Phi) is 8.84. The van der Waals surface area contributed by atoms with E-state index < -0.39 is 6.10 Å². The molecule has 0 aliphatic carbocycles. The first kappa shape index (κ1) is 26.3. The fourth-order valence-electron chi connectivity index (χ4n) is 4.36. The van der Waals surface area contributed by atoms with Gasteiger partial charge in [-0.05, 0) is 41.8 Å². The Labute approximate surface area is 216 Å². The van der Waals surface area contributed by atoms with Crippen LogP contribution in [0.3, 0.4) is 0 Å². The van der Waals surface area contributed by atoms with Crippen molar-refractivity contribution in [1.82, 2.24) is 15.5 Å². The molecule has 2 aromatic carbocycles. The van der Waals surface area contributed by atoms with E-state index in [0.29, 0.717) is 49.9 Å². The van der Waals surface area contributed by atoms with Crippen molar-refractivity contribution in [2.75, 3.05) is 40.5 Å². The molecule has 0 spiro atoms. The van der Waals surface area contributed by atoms with Crippen molar-refractivity contribution in [2.24, 2.45) is 0 Å². The molecule has 10 heteroatoms. The number of benzene rings is 2. The number of carbonyl (C=O) groups is 3. The molecule has 2 N–H and O–H groups in total. The fourth-order valence-corrected chi connectivity index (χ4v) is 4.36. The maximum atomic E-state index is 12.9. The zero-order chi connectivity index (χ0) is 26.2. The predicted octanol–water partition coefficient (Wildman–Crippen LogP) is 1.45. The smallest absolute Gasteiger partial charge is 0.258 e. The van der Waals surface area contributed by atoms with E-state index >= 15 is 0 Å². The summed E-state index contributed by atoms with van der Waals surface area (Å²) in [5.41, 5.74) is 1.77. The average molecular weight is 512 g/mol. The largest absolute Gasteiger partial charge is 0.493 e. The number of amides is 3. The summed E-state index contributed by atoms with van der Waals surface area (Å²) in [6.07, 6.45) is 0.575. The van der Waals surface area contributed by atoms with Crippen LogP contribution in [0.4, 0.5) is 0 Å². The molecule has 0 unspecified atom stereocenters. The number of carbonyl (C=O) groups excluding carboxylic acids is 3. The zero-order valence-corrected chi connectivity index (χ0v) is 21.2. The third-order valence-corrected chi connectivity index (χ3v) is 6.41. The first-order valence-electron chi connectivity index (χ1n) is 12.3. The summed E-state index contributed by atoms with van der Waals surface area (Å²) in [6, 6.07) is 12.4. The third kappa shape index (κ3) is 7.13. The number of likely N-dealkylation sites (tertiary alicyclic amines) is 1. The summed E-state index contributed by atoms with van der Waals surface area (Å²) < 4.78 is 22.3. The maximum Gasteiger partial charge on any atom is 0.258 e. The Morgan fingerprint density at radius 1 is 1.03 bits per heavy atom. The topological polar surface area (TPSA) is 115 Å². The van der Waals surface area contributed by atoms with E-state index in [-0.39, 0.29) is 43.2 Å². The average Bonchev–Trinajstić information content (AvgIpc) is 3.30. The van der Waals surface area contributed by atoms with Gasteiger partial charge in [0.25, 0.3) is 5.91 Å². The highest BCUT2D eigenvalue weighted by molar-refractivity contribution is 5.79. The van der Waals surface area contributed by atoms with E-state index in [9.17, 15) is 14.4 Å². The van der Waals surface area contributed by atoms with Gasteiger partial charge in [-0.1, -0.05) is 18.2 Å². The SMILES string of the molecule is COCCC(=O)N1C[C@@H]2NC(=O)CCc3ccc(OC)c(c3)OCC(=O)NCc3ccc(cc3)O[C@H]2C1. The molecule has 3 heterocycles. The third-order valence-electron chi connectivity index (χ3n) is 6.41. The highest BCUT2D eigenvalue weighted by Gasteiger charge is 2.37. The fraction of sp³-hybridized carbons (Fsp3) is 0.444. The molecule has 0 radical (unpaired) electrons. The van der Waals surface area contributed by atoms with E-state index in [1.807, 2.05) is 30.3 Å². The molecule has 198 valence electrons. The van der Waals surface area contributed by atoms with E-state index in [2.05, 4.69) is 10.6 Å². The minimum Gasteiger partial charge on any atom is -0.493 e. The molecule has 37 heavy (non-hydrogen) atoms. The molecular formula is C27H33N3O7. The van der Waals surface area contributed by atoms with E-state index in [1.54, 1.807) is 24.1 Å². The van der Waals surface area contributed by atoms with Crippen molar-refractivity contribution in [3.8, 4) is 17.2 Å². The summed E-state index contributed by atoms with van der Waals surface area (Å²) in [7, 11) is 3.09. The molecule has 2 atom stereocenters. The van der Waals surface area contributed by atoms with Gasteiger partial charge in [-0.25, -0.2) is 0 Å². The van der Waals surface area contributed by atoms with Gasteiger partial charge in [0.05, 0.1) is 32.7 Å². The van der Waals surface area contributed by atoms with Crippen LogP contribution in [-0.4, -0.2) is 75.3 Å². The molecule has 0 saturated carbocycles. The van der Waals surface area contributed by atoms with Gasteiger partial charge in [-0.3, -0.25) is 14.4 Å². The Balaban J connectivity index is 1.54. The molecule has 1 saturated heterocycles. The lowest BCUT2D eigenvalue weighted by Crippen LogP contribution is -2.45. The van der Waals surface area contributed by atoms with Crippen LogP contribution in [0.5, 0.6) is 17.2 Å². The van der Waals surface area contributed by atoms with Gasteiger partial charge in [0.15, 0.2) is 18.1 Å². The van der Waals surface area contributed by atoms with Gasteiger partial charge in [0.1, 0.15) is 11.9 Å². The van der Waals surface area contributed by atoms with Crippen molar-refractivity contribution >= 4 is 17.7 Å². The monoisotopic (exact) mass is 511 g/mol. The lowest BCUT2D eigenvalue weighted by molar-refractivity contribution is -0.131. The molecular weight excluding hydrogens is 478 g/mol. The predicted molar refractivity (Wildman–Crippen MR) is 135 cm³/mol. The minimum absolute atomic E-state index is 0.0430. The molecule has 1 fully saturated rings. The first-order chi connectivity index (χ1) is 17.9. The summed E-state index contributed by atoms with van der Waals surface area (Å²) in [5.74, 6) is 1.11. The Hall–Kier alpha value is -3.79. The van der Waals surface area contributed by atoms with Gasteiger partial charge in [-0.15, -0.1) is 0 Å². The number of aryl methyl sites for hydroxylation is 1. The molecule has 3 amide bonds.